The molecule has 3 rings (SSSR count). The van der Waals surface area contributed by atoms with Crippen molar-refractivity contribution in [3.8, 4) is 0 Å². The summed E-state index contributed by atoms with van der Waals surface area (Å²) >= 11 is 0. The van der Waals surface area contributed by atoms with E-state index in [4.69, 9.17) is 4.74 Å². The lowest BCUT2D eigenvalue weighted by Crippen LogP contribution is -2.22. The Morgan fingerprint density at radius 3 is 2.57 bits per heavy atom. The molecule has 5 nitrogen and oxygen atoms in total. The van der Waals surface area contributed by atoms with Crippen LogP contribution in [0.25, 0.3) is 10.9 Å². The van der Waals surface area contributed by atoms with Crippen LogP contribution >= 0.6 is 0 Å². The van der Waals surface area contributed by atoms with E-state index in [1.807, 2.05) is 13.0 Å². The molecule has 0 spiro atoms. The number of benzene rings is 2. The highest BCUT2D eigenvalue weighted by atomic mass is 19.2. The van der Waals surface area contributed by atoms with Crippen LogP contribution in [-0.2, 0) is 16.0 Å². The third-order valence-electron chi connectivity index (χ3n) is 4.31. The first-order valence-corrected chi connectivity index (χ1v) is 8.71. The second-order valence-electron chi connectivity index (χ2n) is 6.18. The molecule has 1 heterocycles. The van der Waals surface area contributed by atoms with Gasteiger partial charge in [0.1, 0.15) is 0 Å². The first-order valence-electron chi connectivity index (χ1n) is 8.71. The number of pyridine rings is 1. The van der Waals surface area contributed by atoms with E-state index in [1.54, 1.807) is 25.1 Å². The minimum atomic E-state index is -1.08. The van der Waals surface area contributed by atoms with E-state index in [9.17, 15) is 18.4 Å². The number of hydrogen-bond donors (Lipinski definition) is 1. The Morgan fingerprint density at radius 2 is 1.86 bits per heavy atom. The van der Waals surface area contributed by atoms with Gasteiger partial charge in [0.2, 0.25) is 0 Å². The Morgan fingerprint density at radius 1 is 1.11 bits per heavy atom. The highest BCUT2D eigenvalue weighted by Crippen LogP contribution is 2.24. The number of aromatic nitrogens is 1. The van der Waals surface area contributed by atoms with E-state index in [0.29, 0.717) is 28.5 Å². The number of anilines is 1. The van der Waals surface area contributed by atoms with Gasteiger partial charge in [0.15, 0.2) is 18.2 Å². The summed E-state index contributed by atoms with van der Waals surface area (Å²) in [5, 5.41) is 3.00. The van der Waals surface area contributed by atoms with Gasteiger partial charge in [-0.1, -0.05) is 25.1 Å². The predicted octanol–water partition coefficient (Wildman–Crippen LogP) is 4.18. The number of para-hydroxylation sites is 1. The molecule has 0 aliphatic carbocycles. The Labute approximate surface area is 160 Å². The molecule has 0 aliphatic rings. The molecule has 3 aromatic rings. The number of amides is 1. The van der Waals surface area contributed by atoms with E-state index in [-0.39, 0.29) is 5.69 Å². The maximum absolute atomic E-state index is 13.2. The van der Waals surface area contributed by atoms with Crippen LogP contribution in [0.2, 0.25) is 0 Å². The topological polar surface area (TPSA) is 68.3 Å². The molecule has 0 saturated carbocycles. The molecule has 1 amide bonds. The van der Waals surface area contributed by atoms with Gasteiger partial charge in [0, 0.05) is 22.8 Å². The number of esters is 1. The third-order valence-corrected chi connectivity index (χ3v) is 4.31. The normalized spacial score (nSPS) is 10.7. The number of nitrogens with one attached hydrogen (secondary N) is 1. The highest BCUT2D eigenvalue weighted by Gasteiger charge is 2.19. The van der Waals surface area contributed by atoms with Crippen LogP contribution in [-0.4, -0.2) is 23.5 Å². The van der Waals surface area contributed by atoms with Crippen molar-refractivity contribution < 1.29 is 23.1 Å². The number of nitrogens with zero attached hydrogens (tertiary/aromatic N) is 1. The molecule has 0 unspecified atom stereocenters. The van der Waals surface area contributed by atoms with Crippen molar-refractivity contribution in [1.29, 1.82) is 0 Å². The van der Waals surface area contributed by atoms with Crippen LogP contribution in [0.3, 0.4) is 0 Å². The number of aryl methyl sites for hydroxylation is 1. The lowest BCUT2D eigenvalue weighted by Gasteiger charge is -2.13. The minimum Gasteiger partial charge on any atom is -0.452 e. The molecule has 7 heteroatoms. The van der Waals surface area contributed by atoms with Crippen molar-refractivity contribution in [2.75, 3.05) is 11.9 Å². The number of ether oxygens (including phenoxy) is 1. The highest BCUT2D eigenvalue weighted by molar-refractivity contribution is 6.05. The van der Waals surface area contributed by atoms with Crippen LogP contribution in [0.5, 0.6) is 0 Å². The van der Waals surface area contributed by atoms with Crippen molar-refractivity contribution in [1.82, 2.24) is 4.98 Å². The van der Waals surface area contributed by atoms with Gasteiger partial charge < -0.3 is 10.1 Å². The third kappa shape index (κ3) is 3.98. The molecule has 0 saturated heterocycles. The number of rotatable bonds is 5. The predicted molar refractivity (Wildman–Crippen MR) is 101 cm³/mol. The zero-order valence-electron chi connectivity index (χ0n) is 15.4. The molecule has 1 N–H and O–H groups in total. The van der Waals surface area contributed by atoms with Gasteiger partial charge in [-0.15, -0.1) is 0 Å². The van der Waals surface area contributed by atoms with Gasteiger partial charge in [-0.3, -0.25) is 9.78 Å². The van der Waals surface area contributed by atoms with Gasteiger partial charge in [-0.05, 0) is 37.1 Å². The monoisotopic (exact) mass is 384 g/mol. The molecule has 2 aromatic carbocycles. The quantitative estimate of drug-likeness (QED) is 0.670. The van der Waals surface area contributed by atoms with Crippen LogP contribution in [0, 0.1) is 18.6 Å². The van der Waals surface area contributed by atoms with Gasteiger partial charge in [-0.2, -0.15) is 0 Å². The molecule has 0 radical (unpaired) electrons. The lowest BCUT2D eigenvalue weighted by atomic mass is 10.0. The minimum absolute atomic E-state index is 0.0683. The summed E-state index contributed by atoms with van der Waals surface area (Å²) < 4.78 is 31.3. The Hall–Kier alpha value is -3.35. The summed E-state index contributed by atoms with van der Waals surface area (Å²) in [4.78, 5) is 29.2. The zero-order valence-corrected chi connectivity index (χ0v) is 15.4. The number of carbonyl (C=O) groups excluding carboxylic acids is 2. The summed E-state index contributed by atoms with van der Waals surface area (Å²) in [6, 6.07) is 10.2. The lowest BCUT2D eigenvalue weighted by molar-refractivity contribution is -0.119. The van der Waals surface area contributed by atoms with Crippen LogP contribution in [0.1, 0.15) is 28.5 Å². The van der Waals surface area contributed by atoms with E-state index in [2.05, 4.69) is 10.3 Å². The molecule has 1 aromatic heterocycles. The van der Waals surface area contributed by atoms with Crippen molar-refractivity contribution in [3.05, 3.63) is 70.9 Å². The molecule has 0 aliphatic heterocycles. The Bertz CT molecular complexity index is 1070. The number of hydrogen-bond acceptors (Lipinski definition) is 4. The first-order chi connectivity index (χ1) is 13.4. The molecule has 0 atom stereocenters. The van der Waals surface area contributed by atoms with Crippen LogP contribution in [0.15, 0.2) is 42.5 Å². The standard InChI is InChI=1S/C21H18F2N2O3/c1-3-17-12(2)20(14-6-4-5-7-18(14)25-17)21(27)28-11-19(26)24-13-8-9-15(22)16(23)10-13/h4-10H,3,11H2,1-2H3,(H,24,26). The molecule has 0 bridgehead atoms. The van der Waals surface area contributed by atoms with Gasteiger partial charge >= 0.3 is 5.97 Å². The van der Waals surface area contributed by atoms with Crippen molar-refractivity contribution in [3.63, 3.8) is 0 Å². The fraction of sp³-hybridized carbons (Fsp3) is 0.190. The van der Waals surface area contributed by atoms with Gasteiger partial charge in [0.05, 0.1) is 11.1 Å². The Kier molecular flexibility index (Phi) is 5.63. The van der Waals surface area contributed by atoms with Gasteiger partial charge in [-0.25, -0.2) is 13.6 Å². The average molecular weight is 384 g/mol. The maximum atomic E-state index is 13.2. The maximum Gasteiger partial charge on any atom is 0.339 e. The molecular formula is C21H18F2N2O3. The van der Waals surface area contributed by atoms with Crippen molar-refractivity contribution >= 4 is 28.5 Å². The van der Waals surface area contributed by atoms with E-state index >= 15 is 0 Å². The molecule has 28 heavy (non-hydrogen) atoms. The van der Waals surface area contributed by atoms with E-state index < -0.39 is 30.1 Å². The zero-order chi connectivity index (χ0) is 20.3. The summed E-state index contributed by atoms with van der Waals surface area (Å²) in [5.74, 6) is -3.41. The van der Waals surface area contributed by atoms with Gasteiger partial charge in [0.25, 0.3) is 5.91 Å². The number of carbonyl (C=O) groups is 2. The molecule has 144 valence electrons. The fourth-order valence-corrected chi connectivity index (χ4v) is 2.94. The molecule has 0 fully saturated rings. The van der Waals surface area contributed by atoms with Crippen LogP contribution in [0.4, 0.5) is 14.5 Å². The largest absolute Gasteiger partial charge is 0.452 e. The summed E-state index contributed by atoms with van der Waals surface area (Å²) in [6.07, 6.45) is 0.646. The Balaban J connectivity index is 1.77. The van der Waals surface area contributed by atoms with Crippen LogP contribution < -0.4 is 5.32 Å². The average Bonchev–Trinajstić information content (AvgIpc) is 2.68. The molecular weight excluding hydrogens is 366 g/mol. The van der Waals surface area contributed by atoms with Crippen molar-refractivity contribution in [2.45, 2.75) is 20.3 Å². The van der Waals surface area contributed by atoms with E-state index in [0.717, 1.165) is 17.8 Å². The SMILES string of the molecule is CCc1nc2ccccc2c(C(=O)OCC(=O)Nc2ccc(F)c(F)c2)c1C. The second-order valence-corrected chi connectivity index (χ2v) is 6.18. The smallest absolute Gasteiger partial charge is 0.339 e. The summed E-state index contributed by atoms with van der Waals surface area (Å²) in [7, 11) is 0. The summed E-state index contributed by atoms with van der Waals surface area (Å²) in [6.45, 7) is 3.17. The number of halogens is 2. The second kappa shape index (κ2) is 8.12. The van der Waals surface area contributed by atoms with E-state index in [1.165, 1.54) is 6.07 Å². The van der Waals surface area contributed by atoms with Crippen molar-refractivity contribution in [2.24, 2.45) is 0 Å². The first kappa shape index (κ1) is 19.4. The fourth-order valence-electron chi connectivity index (χ4n) is 2.94. The number of fused-ring (bicyclic) bond motifs is 1. The summed E-state index contributed by atoms with van der Waals surface area (Å²) in [5.41, 5.74) is 2.58.